The van der Waals surface area contributed by atoms with Crippen LogP contribution in [0, 0.1) is 6.92 Å². The van der Waals surface area contributed by atoms with E-state index in [2.05, 4.69) is 11.1 Å². The molecule has 4 rings (SSSR count). The molecule has 1 aromatic carbocycles. The Morgan fingerprint density at radius 1 is 1.19 bits per heavy atom. The minimum Gasteiger partial charge on any atom is -0.458 e. The predicted molar refractivity (Wildman–Crippen MR) is 84.6 cm³/mol. The Kier molecular flexibility index (Phi) is 2.80. The van der Waals surface area contributed by atoms with Crippen molar-refractivity contribution in [3.63, 3.8) is 0 Å². The van der Waals surface area contributed by atoms with Crippen LogP contribution in [0.1, 0.15) is 23.0 Å². The highest BCUT2D eigenvalue weighted by atomic mass is 32.1. The number of rotatable bonds is 2. The number of pyridine rings is 1. The Morgan fingerprint density at radius 2 is 2.10 bits per heavy atom. The summed E-state index contributed by atoms with van der Waals surface area (Å²) in [6.07, 6.45) is 0.912. The number of aliphatic hydroxyl groups is 1. The molecule has 0 aliphatic heterocycles. The zero-order valence-corrected chi connectivity index (χ0v) is 12.2. The topological polar surface area (TPSA) is 46.3 Å². The highest BCUT2D eigenvalue weighted by Crippen LogP contribution is 2.30. The lowest BCUT2D eigenvalue weighted by molar-refractivity contribution is 0.192. The number of hydrogen-bond donors (Lipinski definition) is 1. The van der Waals surface area contributed by atoms with E-state index in [4.69, 9.17) is 4.42 Å². The molecule has 1 unspecified atom stereocenters. The highest BCUT2D eigenvalue weighted by molar-refractivity contribution is 7.17. The molecule has 0 spiro atoms. The monoisotopic (exact) mass is 295 g/mol. The number of nitrogens with zero attached hydrogens (tertiary/aromatic N) is 1. The smallest absolute Gasteiger partial charge is 0.138 e. The van der Waals surface area contributed by atoms with Gasteiger partial charge in [-0.1, -0.05) is 11.6 Å². The number of furan rings is 1. The van der Waals surface area contributed by atoms with Crippen LogP contribution in [0.3, 0.4) is 0 Å². The van der Waals surface area contributed by atoms with Crippen LogP contribution in [-0.4, -0.2) is 10.1 Å². The van der Waals surface area contributed by atoms with Crippen molar-refractivity contribution >= 4 is 32.5 Å². The number of aromatic nitrogens is 1. The molecule has 0 aliphatic carbocycles. The van der Waals surface area contributed by atoms with Crippen molar-refractivity contribution in [2.45, 2.75) is 13.0 Å². The molecule has 0 radical (unpaired) electrons. The lowest BCUT2D eigenvalue weighted by Gasteiger charge is -2.07. The van der Waals surface area contributed by atoms with E-state index < -0.39 is 6.10 Å². The van der Waals surface area contributed by atoms with Crippen LogP contribution in [0.25, 0.3) is 21.2 Å². The Labute approximate surface area is 125 Å². The van der Waals surface area contributed by atoms with E-state index >= 15 is 0 Å². The van der Waals surface area contributed by atoms with Gasteiger partial charge in [-0.15, -0.1) is 11.3 Å². The van der Waals surface area contributed by atoms with Crippen LogP contribution in [0.4, 0.5) is 0 Å². The molecule has 0 amide bonds. The SMILES string of the molecule is Cc1ccc2oc(C(O)c3cnc4ccsc4c3)cc2c1. The summed E-state index contributed by atoms with van der Waals surface area (Å²) < 4.78 is 6.83. The second-order valence-electron chi connectivity index (χ2n) is 5.17. The zero-order chi connectivity index (χ0) is 14.4. The van der Waals surface area contributed by atoms with Gasteiger partial charge in [-0.3, -0.25) is 4.98 Å². The molecule has 4 aromatic rings. The minimum atomic E-state index is -0.795. The first-order valence-electron chi connectivity index (χ1n) is 6.72. The Bertz CT molecular complexity index is 938. The Morgan fingerprint density at radius 3 is 3.00 bits per heavy atom. The van der Waals surface area contributed by atoms with Gasteiger partial charge in [0.2, 0.25) is 0 Å². The molecule has 0 aliphatic rings. The summed E-state index contributed by atoms with van der Waals surface area (Å²) in [5.41, 5.74) is 3.67. The second kappa shape index (κ2) is 4.69. The quantitative estimate of drug-likeness (QED) is 0.595. The van der Waals surface area contributed by atoms with E-state index in [1.807, 2.05) is 42.6 Å². The average Bonchev–Trinajstić information content (AvgIpc) is 3.11. The summed E-state index contributed by atoms with van der Waals surface area (Å²) >= 11 is 1.62. The molecule has 4 heteroatoms. The normalized spacial score (nSPS) is 13.0. The Hall–Kier alpha value is -2.17. The molecule has 0 fully saturated rings. The summed E-state index contributed by atoms with van der Waals surface area (Å²) in [7, 11) is 0. The van der Waals surface area contributed by atoms with Crippen molar-refractivity contribution in [1.29, 1.82) is 0 Å². The molecule has 21 heavy (non-hydrogen) atoms. The lowest BCUT2D eigenvalue weighted by Crippen LogP contribution is -1.98. The largest absolute Gasteiger partial charge is 0.458 e. The van der Waals surface area contributed by atoms with E-state index in [1.165, 1.54) is 5.56 Å². The third kappa shape index (κ3) is 2.13. The van der Waals surface area contributed by atoms with Crippen molar-refractivity contribution < 1.29 is 9.52 Å². The van der Waals surface area contributed by atoms with Gasteiger partial charge in [0.25, 0.3) is 0 Å². The molecular formula is C17H13NO2S. The number of benzene rings is 1. The summed E-state index contributed by atoms with van der Waals surface area (Å²) in [6, 6.07) is 11.8. The van der Waals surface area contributed by atoms with Crippen LogP contribution in [-0.2, 0) is 0 Å². The highest BCUT2D eigenvalue weighted by Gasteiger charge is 2.16. The molecule has 3 aromatic heterocycles. The molecule has 0 saturated heterocycles. The molecular weight excluding hydrogens is 282 g/mol. The number of hydrogen-bond acceptors (Lipinski definition) is 4. The van der Waals surface area contributed by atoms with E-state index in [0.717, 1.165) is 26.7 Å². The molecule has 104 valence electrons. The summed E-state index contributed by atoms with van der Waals surface area (Å²) in [5, 5.41) is 13.5. The van der Waals surface area contributed by atoms with Crippen LogP contribution >= 0.6 is 11.3 Å². The summed E-state index contributed by atoms with van der Waals surface area (Å²) in [6.45, 7) is 2.04. The summed E-state index contributed by atoms with van der Waals surface area (Å²) in [5.74, 6) is 0.549. The number of thiophene rings is 1. The number of aryl methyl sites for hydroxylation is 1. The van der Waals surface area contributed by atoms with Gasteiger partial charge < -0.3 is 9.52 Å². The van der Waals surface area contributed by atoms with Crippen molar-refractivity contribution in [2.75, 3.05) is 0 Å². The molecule has 0 saturated carbocycles. The third-order valence-corrected chi connectivity index (χ3v) is 4.45. The van der Waals surface area contributed by atoms with E-state index in [1.54, 1.807) is 17.5 Å². The molecule has 1 atom stereocenters. The maximum absolute atomic E-state index is 10.5. The number of aliphatic hydroxyl groups excluding tert-OH is 1. The van der Waals surface area contributed by atoms with Crippen LogP contribution in [0.15, 0.2) is 52.4 Å². The molecule has 3 nitrogen and oxygen atoms in total. The van der Waals surface area contributed by atoms with E-state index in [-0.39, 0.29) is 0 Å². The number of fused-ring (bicyclic) bond motifs is 2. The maximum Gasteiger partial charge on any atom is 0.138 e. The fourth-order valence-electron chi connectivity index (χ4n) is 2.49. The van der Waals surface area contributed by atoms with E-state index in [0.29, 0.717) is 5.76 Å². The minimum absolute atomic E-state index is 0.549. The van der Waals surface area contributed by atoms with Gasteiger partial charge in [0.15, 0.2) is 0 Å². The summed E-state index contributed by atoms with van der Waals surface area (Å²) in [4.78, 5) is 4.36. The fourth-order valence-corrected chi connectivity index (χ4v) is 3.28. The van der Waals surface area contributed by atoms with Gasteiger partial charge >= 0.3 is 0 Å². The first kappa shape index (κ1) is 12.6. The van der Waals surface area contributed by atoms with E-state index in [9.17, 15) is 5.11 Å². The average molecular weight is 295 g/mol. The standard InChI is InChI=1S/C17H13NO2S/c1-10-2-3-14-11(6-10)7-15(20-14)17(19)12-8-16-13(18-9-12)4-5-21-16/h2-9,17,19H,1H3. The van der Waals surface area contributed by atoms with Crippen molar-refractivity contribution in [3.8, 4) is 0 Å². The molecule has 0 bridgehead atoms. The Balaban J connectivity index is 1.79. The van der Waals surface area contributed by atoms with Crippen LogP contribution in [0.2, 0.25) is 0 Å². The van der Waals surface area contributed by atoms with Gasteiger partial charge in [-0.05, 0) is 42.6 Å². The fraction of sp³-hybridized carbons (Fsp3) is 0.118. The van der Waals surface area contributed by atoms with Crippen molar-refractivity contribution in [2.24, 2.45) is 0 Å². The lowest BCUT2D eigenvalue weighted by atomic mass is 10.1. The van der Waals surface area contributed by atoms with Gasteiger partial charge in [0.1, 0.15) is 17.4 Å². The van der Waals surface area contributed by atoms with Gasteiger partial charge in [0.05, 0.1) is 10.2 Å². The first-order chi connectivity index (χ1) is 10.2. The molecule has 1 N–H and O–H groups in total. The van der Waals surface area contributed by atoms with Crippen LogP contribution in [0.5, 0.6) is 0 Å². The van der Waals surface area contributed by atoms with Gasteiger partial charge in [0, 0.05) is 17.1 Å². The maximum atomic E-state index is 10.5. The second-order valence-corrected chi connectivity index (χ2v) is 6.11. The van der Waals surface area contributed by atoms with Crippen molar-refractivity contribution in [3.05, 3.63) is 64.9 Å². The van der Waals surface area contributed by atoms with Crippen LogP contribution < -0.4 is 0 Å². The van der Waals surface area contributed by atoms with Gasteiger partial charge in [-0.2, -0.15) is 0 Å². The zero-order valence-electron chi connectivity index (χ0n) is 11.4. The predicted octanol–water partition coefficient (Wildman–Crippen LogP) is 4.43. The first-order valence-corrected chi connectivity index (χ1v) is 7.60. The third-order valence-electron chi connectivity index (χ3n) is 3.60. The molecule has 3 heterocycles. The van der Waals surface area contributed by atoms with Crippen molar-refractivity contribution in [1.82, 2.24) is 4.98 Å². The van der Waals surface area contributed by atoms with Gasteiger partial charge in [-0.25, -0.2) is 0 Å².